The van der Waals surface area contributed by atoms with Gasteiger partial charge in [0.25, 0.3) is 0 Å². The summed E-state index contributed by atoms with van der Waals surface area (Å²) in [5.74, 6) is -2.19. The highest BCUT2D eigenvalue weighted by Gasteiger charge is 2.34. The third-order valence-electron chi connectivity index (χ3n) is 5.21. The molecule has 166 valence electrons. The van der Waals surface area contributed by atoms with Crippen LogP contribution in [0.25, 0.3) is 28.2 Å². The van der Waals surface area contributed by atoms with Crippen molar-refractivity contribution in [3.8, 4) is 16.9 Å². The fraction of sp³-hybridized carbons (Fsp3) is 0.318. The molecule has 3 aromatic rings. The van der Waals surface area contributed by atoms with Gasteiger partial charge in [-0.05, 0) is 48.6 Å². The van der Waals surface area contributed by atoms with Crippen molar-refractivity contribution in [3.05, 3.63) is 54.4 Å². The summed E-state index contributed by atoms with van der Waals surface area (Å²) in [5.41, 5.74) is 2.18. The van der Waals surface area contributed by atoms with E-state index < -0.39 is 12.3 Å². The first-order valence-electron chi connectivity index (χ1n) is 9.59. The van der Waals surface area contributed by atoms with Gasteiger partial charge in [-0.3, -0.25) is 0 Å². The van der Waals surface area contributed by atoms with E-state index in [2.05, 4.69) is 14.7 Å². The average molecular weight is 459 g/mol. The molecule has 0 unspecified atom stereocenters. The quantitative estimate of drug-likeness (QED) is 0.414. The minimum absolute atomic E-state index is 0. The molecule has 3 nitrogen and oxygen atoms in total. The first-order chi connectivity index (χ1) is 14.2. The normalized spacial score (nSPS) is 17.1. The molecule has 0 bridgehead atoms. The smallest absolute Gasteiger partial charge is 0.405 e. The Bertz CT molecular complexity index is 1070. The topological polar surface area (TPSA) is 37.9 Å². The van der Waals surface area contributed by atoms with Crippen LogP contribution in [0.2, 0.25) is 0 Å². The number of ether oxygens (including phenoxy) is 1. The maximum Gasteiger partial charge on any atom is 0.573 e. The third-order valence-corrected chi connectivity index (χ3v) is 5.21. The molecule has 1 aromatic heterocycles. The van der Waals surface area contributed by atoms with Gasteiger partial charge in [0.2, 0.25) is 5.92 Å². The number of imidazole rings is 1. The third kappa shape index (κ3) is 5.76. The molecule has 0 amide bonds. The van der Waals surface area contributed by atoms with Gasteiger partial charge in [0, 0.05) is 18.4 Å². The number of H-pyrrole nitrogens is 1. The molecule has 4 rings (SSSR count). The van der Waals surface area contributed by atoms with E-state index in [9.17, 15) is 22.0 Å². The Balaban J connectivity index is 0.00000272. The van der Waals surface area contributed by atoms with E-state index in [1.54, 1.807) is 36.4 Å². The second-order valence-electron chi connectivity index (χ2n) is 7.45. The summed E-state index contributed by atoms with van der Waals surface area (Å²) in [5, 5.41) is 0. The lowest BCUT2D eigenvalue weighted by Gasteiger charge is -2.26. The number of alkyl halides is 5. The van der Waals surface area contributed by atoms with Crippen molar-refractivity contribution >= 4 is 29.5 Å². The summed E-state index contributed by atoms with van der Waals surface area (Å²) < 4.78 is 68.7. The van der Waals surface area contributed by atoms with Gasteiger partial charge in [-0.1, -0.05) is 30.3 Å². The number of allylic oxidation sites excluding steroid dienone is 1. The van der Waals surface area contributed by atoms with E-state index in [4.69, 9.17) is 0 Å². The Hall–Kier alpha value is -2.61. The summed E-state index contributed by atoms with van der Waals surface area (Å²) in [4.78, 5) is 7.56. The molecule has 2 aromatic carbocycles. The number of rotatable bonds is 4. The number of benzene rings is 2. The maximum absolute atomic E-state index is 13.3. The number of fused-ring (bicyclic) bond motifs is 1. The molecule has 31 heavy (non-hydrogen) atoms. The maximum atomic E-state index is 13.3. The standard InChI is InChI=1S/C22H19F5N2O.ClH/c23-21(24)11-9-14(10-12-21)5-8-20-28-17-7-6-15(13-18(17)29-20)16-3-1-2-4-19(16)30-22(25,26)27;/h1-8,13-14H,9-12H2,(H,28,29);1H. The fourth-order valence-corrected chi connectivity index (χ4v) is 3.68. The van der Waals surface area contributed by atoms with Crippen molar-refractivity contribution in [2.75, 3.05) is 0 Å². The number of aromatic amines is 1. The second-order valence-corrected chi connectivity index (χ2v) is 7.45. The molecule has 1 aliphatic carbocycles. The molecular formula is C22H20ClF5N2O. The molecule has 0 radical (unpaired) electrons. The lowest BCUT2D eigenvalue weighted by atomic mass is 9.86. The number of aromatic nitrogens is 2. The molecule has 1 saturated carbocycles. The molecule has 0 atom stereocenters. The molecule has 0 saturated heterocycles. The first-order valence-corrected chi connectivity index (χ1v) is 9.59. The van der Waals surface area contributed by atoms with Crippen LogP contribution < -0.4 is 4.74 Å². The van der Waals surface area contributed by atoms with Crippen molar-refractivity contribution in [3.63, 3.8) is 0 Å². The zero-order valence-corrected chi connectivity index (χ0v) is 17.1. The Kier molecular flexibility index (Phi) is 6.59. The van der Waals surface area contributed by atoms with Gasteiger partial charge in [-0.2, -0.15) is 0 Å². The SMILES string of the molecule is Cl.FC1(F)CCC(C=Cc2nc3ccc(-c4ccccc4OC(F)(F)F)cc3[nH]2)CC1. The van der Waals surface area contributed by atoms with Crippen LogP contribution in [0.5, 0.6) is 5.75 Å². The Morgan fingerprint density at radius 1 is 1.06 bits per heavy atom. The predicted molar refractivity (Wildman–Crippen MR) is 111 cm³/mol. The van der Waals surface area contributed by atoms with Crippen LogP contribution in [-0.2, 0) is 0 Å². The number of halogens is 6. The fourth-order valence-electron chi connectivity index (χ4n) is 3.68. The second kappa shape index (κ2) is 8.86. The van der Waals surface area contributed by atoms with Gasteiger partial charge in [0.15, 0.2) is 0 Å². The monoisotopic (exact) mass is 458 g/mol. The minimum Gasteiger partial charge on any atom is -0.405 e. The summed E-state index contributed by atoms with van der Waals surface area (Å²) in [6.45, 7) is 0. The number of hydrogen-bond acceptors (Lipinski definition) is 2. The Morgan fingerprint density at radius 3 is 2.48 bits per heavy atom. The van der Waals surface area contributed by atoms with E-state index in [1.165, 1.54) is 12.1 Å². The van der Waals surface area contributed by atoms with Gasteiger partial charge in [0.1, 0.15) is 11.6 Å². The molecule has 1 N–H and O–H groups in total. The summed E-state index contributed by atoms with van der Waals surface area (Å²) in [6, 6.07) is 11.0. The van der Waals surface area contributed by atoms with Crippen LogP contribution in [0.4, 0.5) is 22.0 Å². The van der Waals surface area contributed by atoms with Gasteiger partial charge in [-0.15, -0.1) is 25.6 Å². The van der Waals surface area contributed by atoms with E-state index in [0.717, 1.165) is 0 Å². The molecule has 9 heteroatoms. The van der Waals surface area contributed by atoms with E-state index in [0.29, 0.717) is 40.8 Å². The largest absolute Gasteiger partial charge is 0.573 e. The van der Waals surface area contributed by atoms with E-state index in [-0.39, 0.29) is 36.9 Å². The van der Waals surface area contributed by atoms with Crippen LogP contribution in [0.3, 0.4) is 0 Å². The Labute approximate surface area is 181 Å². The first kappa shape index (κ1) is 23.1. The van der Waals surface area contributed by atoms with Crippen molar-refractivity contribution in [1.82, 2.24) is 9.97 Å². The average Bonchev–Trinajstić information content (AvgIpc) is 3.08. The zero-order chi connectivity index (χ0) is 21.4. The number of para-hydroxylation sites is 1. The van der Waals surface area contributed by atoms with Crippen molar-refractivity contribution < 1.29 is 26.7 Å². The zero-order valence-electron chi connectivity index (χ0n) is 16.3. The summed E-state index contributed by atoms with van der Waals surface area (Å²) >= 11 is 0. The highest BCUT2D eigenvalue weighted by atomic mass is 35.5. The van der Waals surface area contributed by atoms with Crippen LogP contribution in [-0.4, -0.2) is 22.3 Å². The van der Waals surface area contributed by atoms with Gasteiger partial charge in [0.05, 0.1) is 11.0 Å². The van der Waals surface area contributed by atoms with Crippen molar-refractivity contribution in [2.45, 2.75) is 38.0 Å². The van der Waals surface area contributed by atoms with Crippen LogP contribution >= 0.6 is 12.4 Å². The predicted octanol–water partition coefficient (Wildman–Crippen LogP) is 7.39. The number of nitrogens with one attached hydrogen (secondary N) is 1. The molecular weight excluding hydrogens is 439 g/mol. The van der Waals surface area contributed by atoms with Crippen LogP contribution in [0.1, 0.15) is 31.5 Å². The van der Waals surface area contributed by atoms with Gasteiger partial charge < -0.3 is 9.72 Å². The number of nitrogens with zero attached hydrogens (tertiary/aromatic N) is 1. The highest BCUT2D eigenvalue weighted by Crippen LogP contribution is 2.37. The minimum atomic E-state index is -4.78. The molecule has 0 spiro atoms. The van der Waals surface area contributed by atoms with Crippen LogP contribution in [0.15, 0.2) is 48.5 Å². The van der Waals surface area contributed by atoms with E-state index in [1.807, 2.05) is 6.08 Å². The molecule has 1 fully saturated rings. The summed E-state index contributed by atoms with van der Waals surface area (Å²) in [7, 11) is 0. The molecule has 1 heterocycles. The summed E-state index contributed by atoms with van der Waals surface area (Å²) in [6.07, 6.45) is -0.465. The lowest BCUT2D eigenvalue weighted by Crippen LogP contribution is -2.23. The van der Waals surface area contributed by atoms with E-state index >= 15 is 0 Å². The van der Waals surface area contributed by atoms with Crippen molar-refractivity contribution in [1.29, 1.82) is 0 Å². The lowest BCUT2D eigenvalue weighted by molar-refractivity contribution is -0.274. The van der Waals surface area contributed by atoms with Crippen LogP contribution in [0, 0.1) is 5.92 Å². The van der Waals surface area contributed by atoms with Gasteiger partial charge >= 0.3 is 6.36 Å². The van der Waals surface area contributed by atoms with Crippen molar-refractivity contribution in [2.24, 2.45) is 5.92 Å². The molecule has 0 aliphatic heterocycles. The van der Waals surface area contributed by atoms with Gasteiger partial charge in [-0.25, -0.2) is 13.8 Å². The highest BCUT2D eigenvalue weighted by molar-refractivity contribution is 5.85. The Morgan fingerprint density at radius 2 is 1.77 bits per heavy atom. The number of hydrogen-bond donors (Lipinski definition) is 1. The molecule has 1 aliphatic rings.